The van der Waals surface area contributed by atoms with Gasteiger partial charge < -0.3 is 9.30 Å². The van der Waals surface area contributed by atoms with Crippen LogP contribution >= 0.6 is 0 Å². The number of benzene rings is 1. The Kier molecular flexibility index (Phi) is 7.83. The fourth-order valence-corrected chi connectivity index (χ4v) is 5.56. The molecule has 2 aromatic rings. The highest BCUT2D eigenvalue weighted by Gasteiger charge is 2.35. The second-order valence-electron chi connectivity index (χ2n) is 7.46. The molecule has 0 N–H and O–H groups in total. The third-order valence-electron chi connectivity index (χ3n) is 5.55. The molecule has 0 aliphatic carbocycles. The van der Waals surface area contributed by atoms with Crippen LogP contribution in [0.2, 0.25) is 0 Å². The lowest BCUT2D eigenvalue weighted by Crippen LogP contribution is -2.43. The third-order valence-corrected chi connectivity index (χ3v) is 7.61. The molecule has 31 heavy (non-hydrogen) atoms. The van der Waals surface area contributed by atoms with Gasteiger partial charge in [-0.05, 0) is 59.2 Å². The summed E-state index contributed by atoms with van der Waals surface area (Å²) in [6, 6.07) is 5.63. The lowest BCUT2D eigenvalue weighted by molar-refractivity contribution is 0.0512. The minimum Gasteiger partial charge on any atom is -0.461 e. The Labute approximate surface area is 185 Å². The van der Waals surface area contributed by atoms with Crippen LogP contribution in [0, 0.1) is 20.8 Å². The van der Waals surface area contributed by atoms with Crippen molar-refractivity contribution in [3.05, 3.63) is 52.3 Å². The molecule has 2 rings (SSSR count). The summed E-state index contributed by atoms with van der Waals surface area (Å²) in [6.45, 7) is 13.1. The summed E-state index contributed by atoms with van der Waals surface area (Å²) in [5, 5.41) is 0. The molecule has 0 unspecified atom stereocenters. The van der Waals surface area contributed by atoms with Crippen LogP contribution in [0.15, 0.2) is 29.2 Å². The van der Waals surface area contributed by atoms with E-state index in [0.29, 0.717) is 29.1 Å². The number of carbonyl (C=O) groups is 2. The second kappa shape index (κ2) is 9.78. The Balaban J connectivity index is 2.52. The van der Waals surface area contributed by atoms with Crippen molar-refractivity contribution in [2.45, 2.75) is 65.9 Å². The first-order valence-electron chi connectivity index (χ1n) is 10.5. The molecular formula is C23H32N2O5S. The summed E-state index contributed by atoms with van der Waals surface area (Å²) in [5.41, 5.74) is 2.80. The van der Waals surface area contributed by atoms with Crippen molar-refractivity contribution in [2.75, 3.05) is 13.2 Å². The molecule has 0 amide bonds. The average Bonchev–Trinajstić information content (AvgIpc) is 2.97. The molecule has 8 heteroatoms. The standard InChI is InChI=1S/C23H32N2O5S/c1-8-24-17(6)20(16(5)21(24)23(27)30-10-3)22(26)18(7)25(9-2)31(28,29)19-13-11-15(4)12-14-19/h11-14,18H,8-10H2,1-7H3/t18-/m0/s1. The fraction of sp³-hybridized carbons (Fsp3) is 0.478. The molecular weight excluding hydrogens is 416 g/mol. The topological polar surface area (TPSA) is 85.7 Å². The summed E-state index contributed by atoms with van der Waals surface area (Å²) in [5.74, 6) is -0.832. The van der Waals surface area contributed by atoms with E-state index in [-0.39, 0.29) is 23.8 Å². The number of carbonyl (C=O) groups excluding carboxylic acids is 2. The quantitative estimate of drug-likeness (QED) is 0.429. The molecule has 1 aromatic heterocycles. The van der Waals surface area contributed by atoms with E-state index in [9.17, 15) is 18.0 Å². The summed E-state index contributed by atoms with van der Waals surface area (Å²) in [6.07, 6.45) is 0. The van der Waals surface area contributed by atoms with Crippen molar-refractivity contribution in [2.24, 2.45) is 0 Å². The molecule has 7 nitrogen and oxygen atoms in total. The normalized spacial score (nSPS) is 12.8. The molecule has 0 fully saturated rings. The largest absolute Gasteiger partial charge is 0.461 e. The van der Waals surface area contributed by atoms with Gasteiger partial charge in [0.05, 0.1) is 17.5 Å². The van der Waals surface area contributed by atoms with Crippen LogP contribution in [0.3, 0.4) is 0 Å². The second-order valence-corrected chi connectivity index (χ2v) is 9.35. The third kappa shape index (κ3) is 4.60. The monoisotopic (exact) mass is 448 g/mol. The van der Waals surface area contributed by atoms with Crippen LogP contribution in [0.4, 0.5) is 0 Å². The van der Waals surface area contributed by atoms with E-state index in [0.717, 1.165) is 5.56 Å². The number of rotatable bonds is 9. The van der Waals surface area contributed by atoms with Crippen LogP contribution in [0.25, 0.3) is 0 Å². The van der Waals surface area contributed by atoms with Crippen molar-refractivity contribution in [1.82, 2.24) is 8.87 Å². The van der Waals surface area contributed by atoms with Crippen molar-refractivity contribution in [3.63, 3.8) is 0 Å². The van der Waals surface area contributed by atoms with Gasteiger partial charge in [-0.1, -0.05) is 24.6 Å². The summed E-state index contributed by atoms with van der Waals surface area (Å²) in [4.78, 5) is 26.2. The van der Waals surface area contributed by atoms with Crippen molar-refractivity contribution >= 4 is 21.8 Å². The molecule has 1 heterocycles. The van der Waals surface area contributed by atoms with Gasteiger partial charge in [0.15, 0.2) is 5.78 Å². The smallest absolute Gasteiger partial charge is 0.355 e. The molecule has 0 aliphatic heterocycles. The van der Waals surface area contributed by atoms with E-state index < -0.39 is 22.0 Å². The van der Waals surface area contributed by atoms with E-state index in [1.165, 1.54) is 4.31 Å². The minimum absolute atomic E-state index is 0.139. The summed E-state index contributed by atoms with van der Waals surface area (Å²) < 4.78 is 34.6. The number of nitrogens with zero attached hydrogens (tertiary/aromatic N) is 2. The maximum Gasteiger partial charge on any atom is 0.355 e. The van der Waals surface area contributed by atoms with Gasteiger partial charge in [-0.3, -0.25) is 4.79 Å². The number of aryl methyl sites for hydroxylation is 1. The number of hydrogen-bond donors (Lipinski definition) is 0. The van der Waals surface area contributed by atoms with E-state index in [1.807, 2.05) is 13.8 Å². The maximum absolute atomic E-state index is 13.5. The Morgan fingerprint density at radius 2 is 1.65 bits per heavy atom. The first kappa shape index (κ1) is 24.8. The van der Waals surface area contributed by atoms with Gasteiger partial charge in [0.2, 0.25) is 10.0 Å². The van der Waals surface area contributed by atoms with E-state index in [1.54, 1.807) is 63.5 Å². The van der Waals surface area contributed by atoms with Gasteiger partial charge in [-0.15, -0.1) is 0 Å². The predicted octanol–water partition coefficient (Wildman–Crippen LogP) is 3.89. The number of ketones is 1. The van der Waals surface area contributed by atoms with Gasteiger partial charge in [0.1, 0.15) is 5.69 Å². The number of sulfonamides is 1. The number of esters is 1. The molecule has 0 saturated carbocycles. The highest BCUT2D eigenvalue weighted by Crippen LogP contribution is 2.27. The van der Waals surface area contributed by atoms with Crippen molar-refractivity contribution in [1.29, 1.82) is 0 Å². The summed E-state index contributed by atoms with van der Waals surface area (Å²) in [7, 11) is -3.87. The van der Waals surface area contributed by atoms with Gasteiger partial charge in [0.25, 0.3) is 0 Å². The van der Waals surface area contributed by atoms with Crippen LogP contribution in [-0.2, 0) is 21.3 Å². The number of likely N-dealkylation sites (N-methyl/N-ethyl adjacent to an activating group) is 1. The van der Waals surface area contributed by atoms with E-state index in [2.05, 4.69) is 0 Å². The molecule has 0 radical (unpaired) electrons. The molecule has 0 bridgehead atoms. The van der Waals surface area contributed by atoms with E-state index in [4.69, 9.17) is 4.74 Å². The highest BCUT2D eigenvalue weighted by atomic mass is 32.2. The fourth-order valence-electron chi connectivity index (χ4n) is 3.95. The lowest BCUT2D eigenvalue weighted by atomic mass is 10.0. The first-order chi connectivity index (χ1) is 14.5. The molecule has 1 aromatic carbocycles. The molecule has 0 aliphatic rings. The predicted molar refractivity (Wildman–Crippen MR) is 120 cm³/mol. The van der Waals surface area contributed by atoms with Crippen LogP contribution < -0.4 is 0 Å². The number of aromatic nitrogens is 1. The Bertz CT molecular complexity index is 1070. The zero-order chi connectivity index (χ0) is 23.5. The lowest BCUT2D eigenvalue weighted by Gasteiger charge is -2.26. The first-order valence-corrected chi connectivity index (χ1v) is 12.0. The summed E-state index contributed by atoms with van der Waals surface area (Å²) >= 11 is 0. The van der Waals surface area contributed by atoms with Crippen molar-refractivity contribution in [3.8, 4) is 0 Å². The minimum atomic E-state index is -3.87. The van der Waals surface area contributed by atoms with Crippen LogP contribution in [0.5, 0.6) is 0 Å². The number of hydrogen-bond acceptors (Lipinski definition) is 5. The Morgan fingerprint density at radius 1 is 1.06 bits per heavy atom. The van der Waals surface area contributed by atoms with Gasteiger partial charge in [0, 0.05) is 24.3 Å². The number of ether oxygens (including phenoxy) is 1. The molecule has 1 atom stereocenters. The molecule has 0 spiro atoms. The SMILES string of the molecule is CCOC(=O)c1c(C)c(C(=O)[C@H](C)N(CC)S(=O)(=O)c2ccc(C)cc2)c(C)n1CC. The van der Waals surface area contributed by atoms with E-state index >= 15 is 0 Å². The Hall–Kier alpha value is -2.45. The molecule has 170 valence electrons. The molecule has 0 saturated heterocycles. The van der Waals surface area contributed by atoms with Gasteiger partial charge >= 0.3 is 5.97 Å². The number of Topliss-reactive ketones (excluding diaryl/α,β-unsaturated/α-hetero) is 1. The maximum atomic E-state index is 13.5. The average molecular weight is 449 g/mol. The Morgan fingerprint density at radius 3 is 2.13 bits per heavy atom. The zero-order valence-corrected chi connectivity index (χ0v) is 20.2. The highest BCUT2D eigenvalue weighted by molar-refractivity contribution is 7.89. The zero-order valence-electron chi connectivity index (χ0n) is 19.4. The van der Waals surface area contributed by atoms with Gasteiger partial charge in [-0.2, -0.15) is 4.31 Å². The van der Waals surface area contributed by atoms with Crippen LogP contribution in [0.1, 0.15) is 65.4 Å². The van der Waals surface area contributed by atoms with Crippen molar-refractivity contribution < 1.29 is 22.7 Å². The van der Waals surface area contributed by atoms with Crippen LogP contribution in [-0.4, -0.2) is 48.2 Å². The van der Waals surface area contributed by atoms with Gasteiger partial charge in [-0.25, -0.2) is 13.2 Å².